The molecule has 0 spiro atoms. The van der Waals surface area contributed by atoms with Gasteiger partial charge in [0.05, 0.1) is 12.6 Å². The van der Waals surface area contributed by atoms with Crippen LogP contribution >= 0.6 is 0 Å². The van der Waals surface area contributed by atoms with Crippen LogP contribution in [0.2, 0.25) is 0 Å². The Morgan fingerprint density at radius 1 is 1.18 bits per heavy atom. The van der Waals surface area contributed by atoms with Crippen molar-refractivity contribution in [3.8, 4) is 5.75 Å². The molecule has 1 amide bonds. The van der Waals surface area contributed by atoms with Crippen LogP contribution < -0.4 is 10.1 Å². The van der Waals surface area contributed by atoms with E-state index in [1.54, 1.807) is 17.7 Å². The molecule has 5 heteroatoms. The average molecular weight is 298 g/mol. The lowest BCUT2D eigenvalue weighted by atomic mass is 10.2. The van der Waals surface area contributed by atoms with Crippen molar-refractivity contribution in [2.24, 2.45) is 7.05 Å². The van der Waals surface area contributed by atoms with Gasteiger partial charge in [-0.25, -0.2) is 4.39 Å². The molecule has 0 aliphatic rings. The third-order valence-corrected chi connectivity index (χ3v) is 3.60. The smallest absolute Gasteiger partial charge is 0.272 e. The zero-order valence-electron chi connectivity index (χ0n) is 12.3. The summed E-state index contributed by atoms with van der Waals surface area (Å²) in [5, 5.41) is 3.63. The first-order chi connectivity index (χ1) is 10.6. The van der Waals surface area contributed by atoms with E-state index in [2.05, 4.69) is 5.32 Å². The predicted molar refractivity (Wildman–Crippen MR) is 83.8 cm³/mol. The van der Waals surface area contributed by atoms with Gasteiger partial charge in [-0.1, -0.05) is 6.07 Å². The number of anilines is 1. The highest BCUT2D eigenvalue weighted by molar-refractivity contribution is 6.07. The number of nitrogens with zero attached hydrogens (tertiary/aromatic N) is 1. The number of carbonyl (C=O) groups excluding carboxylic acids is 1. The van der Waals surface area contributed by atoms with Gasteiger partial charge in [-0.15, -0.1) is 0 Å². The fraction of sp³-hybridized carbons (Fsp3) is 0.118. The monoisotopic (exact) mass is 298 g/mol. The van der Waals surface area contributed by atoms with E-state index in [9.17, 15) is 9.18 Å². The number of ether oxygens (including phenoxy) is 1. The number of fused-ring (bicyclic) bond motifs is 1. The van der Waals surface area contributed by atoms with Gasteiger partial charge in [-0.2, -0.15) is 0 Å². The molecule has 0 atom stereocenters. The number of hydrogen-bond acceptors (Lipinski definition) is 2. The molecule has 3 aromatic rings. The van der Waals surface area contributed by atoms with Gasteiger partial charge >= 0.3 is 0 Å². The van der Waals surface area contributed by atoms with Gasteiger partial charge in [0.15, 0.2) is 0 Å². The topological polar surface area (TPSA) is 43.3 Å². The Balaban J connectivity index is 1.97. The summed E-state index contributed by atoms with van der Waals surface area (Å²) in [7, 11) is 3.42. The maximum Gasteiger partial charge on any atom is 0.272 e. The maximum absolute atomic E-state index is 12.9. The van der Waals surface area contributed by atoms with E-state index in [-0.39, 0.29) is 11.7 Å². The number of benzene rings is 2. The minimum absolute atomic E-state index is 0.257. The molecule has 1 N–H and O–H groups in total. The van der Waals surface area contributed by atoms with Crippen molar-refractivity contribution in [1.29, 1.82) is 0 Å². The molecule has 0 unspecified atom stereocenters. The summed E-state index contributed by atoms with van der Waals surface area (Å²) >= 11 is 0. The number of methoxy groups -OCH3 is 1. The fourth-order valence-electron chi connectivity index (χ4n) is 2.46. The summed E-state index contributed by atoms with van der Waals surface area (Å²) in [6.07, 6.45) is 0. The Bertz CT molecular complexity index is 838. The van der Waals surface area contributed by atoms with Gasteiger partial charge < -0.3 is 14.6 Å². The number of halogens is 1. The second-order valence-corrected chi connectivity index (χ2v) is 4.94. The van der Waals surface area contributed by atoms with Gasteiger partial charge in [0, 0.05) is 18.1 Å². The quantitative estimate of drug-likeness (QED) is 0.803. The second kappa shape index (κ2) is 5.52. The Morgan fingerprint density at radius 2 is 1.91 bits per heavy atom. The number of carbonyl (C=O) groups is 1. The standard InChI is InChI=1S/C17H15FN2O2/c1-20-14-4-3-5-16(22-2)13(14)10-15(20)17(21)19-12-8-6-11(18)7-9-12/h3-10H,1-2H3,(H,19,21). The van der Waals surface area contributed by atoms with E-state index in [1.165, 1.54) is 24.3 Å². The van der Waals surface area contributed by atoms with Crippen molar-refractivity contribution in [2.75, 3.05) is 12.4 Å². The summed E-state index contributed by atoms with van der Waals surface area (Å²) in [6, 6.07) is 13.1. The first-order valence-electron chi connectivity index (χ1n) is 6.79. The third-order valence-electron chi connectivity index (χ3n) is 3.60. The van der Waals surface area contributed by atoms with E-state index in [4.69, 9.17) is 4.74 Å². The number of rotatable bonds is 3. The molecule has 3 rings (SSSR count). The lowest BCUT2D eigenvalue weighted by Gasteiger charge is -2.06. The van der Waals surface area contributed by atoms with Gasteiger partial charge in [-0.3, -0.25) is 4.79 Å². The zero-order chi connectivity index (χ0) is 15.7. The minimum atomic E-state index is -0.340. The maximum atomic E-state index is 12.9. The third kappa shape index (κ3) is 2.41. The van der Waals surface area contributed by atoms with E-state index in [0.29, 0.717) is 17.1 Å². The van der Waals surface area contributed by atoms with Gasteiger partial charge in [0.2, 0.25) is 0 Å². The highest BCUT2D eigenvalue weighted by atomic mass is 19.1. The van der Waals surface area contributed by atoms with Crippen molar-refractivity contribution in [3.63, 3.8) is 0 Å². The van der Waals surface area contributed by atoms with Crippen LogP contribution in [0.3, 0.4) is 0 Å². The molecule has 22 heavy (non-hydrogen) atoms. The molecule has 112 valence electrons. The molecule has 0 saturated carbocycles. The number of aryl methyl sites for hydroxylation is 1. The van der Waals surface area contributed by atoms with Crippen molar-refractivity contribution >= 4 is 22.5 Å². The fourth-order valence-corrected chi connectivity index (χ4v) is 2.46. The molecule has 2 aromatic carbocycles. The SMILES string of the molecule is COc1cccc2c1cc(C(=O)Nc1ccc(F)cc1)n2C. The summed E-state index contributed by atoms with van der Waals surface area (Å²) in [5.41, 5.74) is 1.95. The Kier molecular flexibility index (Phi) is 3.55. The molecular weight excluding hydrogens is 283 g/mol. The van der Waals surface area contributed by atoms with Crippen LogP contribution in [-0.4, -0.2) is 17.6 Å². The zero-order valence-corrected chi connectivity index (χ0v) is 12.3. The normalized spacial score (nSPS) is 10.7. The van der Waals surface area contributed by atoms with Crippen molar-refractivity contribution in [1.82, 2.24) is 4.57 Å². The molecule has 4 nitrogen and oxygen atoms in total. The van der Waals surface area contributed by atoms with E-state index in [1.807, 2.05) is 25.2 Å². The largest absolute Gasteiger partial charge is 0.496 e. The first-order valence-corrected chi connectivity index (χ1v) is 6.79. The molecule has 0 aliphatic carbocycles. The van der Waals surface area contributed by atoms with Crippen LogP contribution in [0.25, 0.3) is 10.9 Å². The predicted octanol–water partition coefficient (Wildman–Crippen LogP) is 3.58. The molecule has 0 aliphatic heterocycles. The lowest BCUT2D eigenvalue weighted by Crippen LogP contribution is -2.15. The highest BCUT2D eigenvalue weighted by Crippen LogP contribution is 2.28. The lowest BCUT2D eigenvalue weighted by molar-refractivity contribution is 0.101. The number of aromatic nitrogens is 1. The molecular formula is C17H15FN2O2. The molecule has 0 radical (unpaired) electrons. The summed E-state index contributed by atoms with van der Waals surface area (Å²) in [4.78, 5) is 12.4. The van der Waals surface area contributed by atoms with Crippen LogP contribution in [0.15, 0.2) is 48.5 Å². The van der Waals surface area contributed by atoms with Crippen molar-refractivity contribution in [3.05, 3.63) is 60.0 Å². The van der Waals surface area contributed by atoms with Crippen LogP contribution in [0.5, 0.6) is 5.75 Å². The Hall–Kier alpha value is -2.82. The molecule has 0 saturated heterocycles. The Morgan fingerprint density at radius 3 is 2.59 bits per heavy atom. The van der Waals surface area contributed by atoms with Gasteiger partial charge in [0.25, 0.3) is 5.91 Å². The van der Waals surface area contributed by atoms with Crippen LogP contribution in [0.4, 0.5) is 10.1 Å². The van der Waals surface area contributed by atoms with E-state index in [0.717, 1.165) is 10.9 Å². The number of amides is 1. The Labute approximate surface area is 127 Å². The molecule has 1 heterocycles. The molecule has 0 bridgehead atoms. The molecule has 1 aromatic heterocycles. The number of nitrogens with one attached hydrogen (secondary N) is 1. The highest BCUT2D eigenvalue weighted by Gasteiger charge is 2.15. The van der Waals surface area contributed by atoms with E-state index >= 15 is 0 Å². The van der Waals surface area contributed by atoms with Gasteiger partial charge in [0.1, 0.15) is 17.3 Å². The van der Waals surface area contributed by atoms with Crippen molar-refractivity contribution in [2.45, 2.75) is 0 Å². The van der Waals surface area contributed by atoms with Gasteiger partial charge in [-0.05, 0) is 42.5 Å². The minimum Gasteiger partial charge on any atom is -0.496 e. The first kappa shape index (κ1) is 14.1. The number of hydrogen-bond donors (Lipinski definition) is 1. The van der Waals surface area contributed by atoms with Crippen LogP contribution in [0.1, 0.15) is 10.5 Å². The second-order valence-electron chi connectivity index (χ2n) is 4.94. The van der Waals surface area contributed by atoms with Crippen LogP contribution in [-0.2, 0) is 7.05 Å². The van der Waals surface area contributed by atoms with Crippen molar-refractivity contribution < 1.29 is 13.9 Å². The summed E-state index contributed by atoms with van der Waals surface area (Å²) in [5.74, 6) is 0.119. The summed E-state index contributed by atoms with van der Waals surface area (Å²) < 4.78 is 20.0. The van der Waals surface area contributed by atoms with Crippen LogP contribution in [0, 0.1) is 5.82 Å². The average Bonchev–Trinajstić information content (AvgIpc) is 2.87. The van der Waals surface area contributed by atoms with E-state index < -0.39 is 0 Å². The summed E-state index contributed by atoms with van der Waals surface area (Å²) in [6.45, 7) is 0. The molecule has 0 fully saturated rings.